The number of methoxy groups -OCH3 is 1. The Hall–Kier alpha value is -2.27. The minimum atomic E-state index is 0.806. The second kappa shape index (κ2) is 8.21. The largest absolute Gasteiger partial charge is 0.495 e. The van der Waals surface area contributed by atoms with Crippen LogP contribution >= 0.6 is 12.2 Å². The molecule has 0 unspecified atom stereocenters. The van der Waals surface area contributed by atoms with E-state index in [-0.39, 0.29) is 0 Å². The molecular formula is C20H25N3OS. The van der Waals surface area contributed by atoms with Crippen LogP contribution in [0, 0.1) is 0 Å². The van der Waals surface area contributed by atoms with Crippen LogP contribution in [0.25, 0.3) is 0 Å². The smallest absolute Gasteiger partial charge is 0.173 e. The molecule has 0 bridgehead atoms. The zero-order valence-corrected chi connectivity index (χ0v) is 15.7. The number of para-hydroxylation sites is 3. The number of hydrogen-bond donors (Lipinski definition) is 1. The van der Waals surface area contributed by atoms with Crippen LogP contribution in [0.4, 0.5) is 11.4 Å². The molecule has 0 amide bonds. The molecule has 0 atom stereocenters. The summed E-state index contributed by atoms with van der Waals surface area (Å²) in [6.45, 7) is 5.82. The molecule has 3 rings (SSSR count). The highest BCUT2D eigenvalue weighted by Crippen LogP contribution is 2.28. The van der Waals surface area contributed by atoms with Crippen molar-refractivity contribution < 1.29 is 4.74 Å². The maximum atomic E-state index is 5.64. The first-order valence-corrected chi connectivity index (χ1v) is 9.15. The van der Waals surface area contributed by atoms with Crippen LogP contribution in [0.2, 0.25) is 0 Å². The van der Waals surface area contributed by atoms with Gasteiger partial charge in [-0.2, -0.15) is 0 Å². The molecule has 2 aromatic rings. The Morgan fingerprint density at radius 1 is 1.04 bits per heavy atom. The van der Waals surface area contributed by atoms with Crippen LogP contribution in [0.15, 0.2) is 48.5 Å². The topological polar surface area (TPSA) is 27.7 Å². The predicted octanol–water partition coefficient (Wildman–Crippen LogP) is 3.78. The number of thiocarbonyl (C=S) groups is 1. The first-order chi connectivity index (χ1) is 12.2. The third-order valence-corrected chi connectivity index (χ3v) is 4.99. The first-order valence-electron chi connectivity index (χ1n) is 8.74. The molecule has 132 valence electrons. The van der Waals surface area contributed by atoms with Crippen LogP contribution in [0.5, 0.6) is 5.75 Å². The lowest BCUT2D eigenvalue weighted by Crippen LogP contribution is -2.50. The number of nitrogens with one attached hydrogen (secondary N) is 1. The van der Waals surface area contributed by atoms with Crippen LogP contribution in [-0.4, -0.2) is 43.3 Å². The summed E-state index contributed by atoms with van der Waals surface area (Å²) < 4.78 is 5.48. The van der Waals surface area contributed by atoms with Crippen LogP contribution in [0.3, 0.4) is 0 Å². The van der Waals surface area contributed by atoms with Crippen LogP contribution in [0.1, 0.15) is 12.5 Å². The number of piperazine rings is 1. The third kappa shape index (κ3) is 4.04. The van der Waals surface area contributed by atoms with Gasteiger partial charge in [0.1, 0.15) is 5.75 Å². The molecule has 0 saturated carbocycles. The molecule has 1 N–H and O–H groups in total. The number of ether oxygens (including phenoxy) is 1. The summed E-state index contributed by atoms with van der Waals surface area (Å²) in [6, 6.07) is 16.5. The van der Waals surface area contributed by atoms with Gasteiger partial charge in [-0.1, -0.05) is 37.3 Å². The summed E-state index contributed by atoms with van der Waals surface area (Å²) in [5, 5.41) is 4.23. The van der Waals surface area contributed by atoms with Gasteiger partial charge in [-0.25, -0.2) is 0 Å². The van der Waals surface area contributed by atoms with E-state index in [2.05, 4.69) is 52.4 Å². The fourth-order valence-corrected chi connectivity index (χ4v) is 3.48. The molecule has 1 saturated heterocycles. The maximum absolute atomic E-state index is 5.64. The Bertz CT molecular complexity index is 726. The van der Waals surface area contributed by atoms with Crippen molar-refractivity contribution in [1.29, 1.82) is 0 Å². The van der Waals surface area contributed by atoms with Gasteiger partial charge in [0, 0.05) is 31.9 Å². The van der Waals surface area contributed by atoms with E-state index in [9.17, 15) is 0 Å². The van der Waals surface area contributed by atoms with Crippen molar-refractivity contribution in [1.82, 2.24) is 4.90 Å². The minimum Gasteiger partial charge on any atom is -0.495 e. The average Bonchev–Trinajstić information content (AvgIpc) is 2.68. The van der Waals surface area contributed by atoms with Crippen molar-refractivity contribution in [2.24, 2.45) is 0 Å². The molecule has 25 heavy (non-hydrogen) atoms. The Labute approximate surface area is 155 Å². The SMILES string of the molecule is CCc1ccccc1NC(=S)N1CCN(c2ccccc2OC)CC1. The van der Waals surface area contributed by atoms with Gasteiger partial charge in [0.2, 0.25) is 0 Å². The molecule has 1 heterocycles. The minimum absolute atomic E-state index is 0.806. The van der Waals surface area contributed by atoms with Crippen molar-refractivity contribution in [3.63, 3.8) is 0 Å². The van der Waals surface area contributed by atoms with E-state index >= 15 is 0 Å². The van der Waals surface area contributed by atoms with E-state index in [1.54, 1.807) is 7.11 Å². The average molecular weight is 356 g/mol. The molecule has 4 nitrogen and oxygen atoms in total. The van der Waals surface area contributed by atoms with Gasteiger partial charge in [-0.05, 0) is 42.4 Å². The summed E-state index contributed by atoms with van der Waals surface area (Å²) in [4.78, 5) is 4.60. The summed E-state index contributed by atoms with van der Waals surface area (Å²) in [7, 11) is 1.72. The van der Waals surface area contributed by atoms with E-state index in [0.717, 1.165) is 54.8 Å². The Balaban J connectivity index is 1.61. The van der Waals surface area contributed by atoms with Crippen LogP contribution < -0.4 is 15.0 Å². The van der Waals surface area contributed by atoms with Crippen molar-refractivity contribution in [2.45, 2.75) is 13.3 Å². The Morgan fingerprint density at radius 2 is 1.72 bits per heavy atom. The molecule has 2 aromatic carbocycles. The van der Waals surface area contributed by atoms with E-state index < -0.39 is 0 Å². The standard InChI is InChI=1S/C20H25N3OS/c1-3-16-8-4-5-9-17(16)21-20(25)23-14-12-22(13-15-23)18-10-6-7-11-19(18)24-2/h4-11H,3,12-15H2,1-2H3,(H,21,25). The Morgan fingerprint density at radius 3 is 2.44 bits per heavy atom. The van der Waals surface area contributed by atoms with Gasteiger partial charge >= 0.3 is 0 Å². The lowest BCUT2D eigenvalue weighted by atomic mass is 10.1. The van der Waals surface area contributed by atoms with E-state index in [1.165, 1.54) is 5.56 Å². The van der Waals surface area contributed by atoms with Gasteiger partial charge in [0.05, 0.1) is 12.8 Å². The number of rotatable bonds is 4. The van der Waals surface area contributed by atoms with Crippen molar-refractivity contribution in [3.8, 4) is 5.75 Å². The number of aryl methyl sites for hydroxylation is 1. The fraction of sp³-hybridized carbons (Fsp3) is 0.350. The Kier molecular flexibility index (Phi) is 5.76. The fourth-order valence-electron chi connectivity index (χ4n) is 3.19. The highest BCUT2D eigenvalue weighted by atomic mass is 32.1. The van der Waals surface area contributed by atoms with E-state index in [4.69, 9.17) is 17.0 Å². The second-order valence-electron chi connectivity index (χ2n) is 6.09. The maximum Gasteiger partial charge on any atom is 0.173 e. The molecule has 0 radical (unpaired) electrons. The van der Waals surface area contributed by atoms with Crippen molar-refractivity contribution in [2.75, 3.05) is 43.5 Å². The van der Waals surface area contributed by atoms with Gasteiger partial charge in [0.15, 0.2) is 5.11 Å². The summed E-state index contributed by atoms with van der Waals surface area (Å²) in [5.41, 5.74) is 3.56. The molecule has 1 aliphatic heterocycles. The van der Waals surface area contributed by atoms with Gasteiger partial charge in [-0.3, -0.25) is 0 Å². The van der Waals surface area contributed by atoms with E-state index in [1.807, 2.05) is 18.2 Å². The zero-order valence-electron chi connectivity index (χ0n) is 14.9. The summed E-state index contributed by atoms with van der Waals surface area (Å²) >= 11 is 5.64. The lowest BCUT2D eigenvalue weighted by molar-refractivity contribution is 0.382. The zero-order chi connectivity index (χ0) is 17.6. The first kappa shape index (κ1) is 17.5. The molecule has 1 fully saturated rings. The van der Waals surface area contributed by atoms with Gasteiger partial charge in [-0.15, -0.1) is 0 Å². The molecule has 5 heteroatoms. The highest BCUT2D eigenvalue weighted by Gasteiger charge is 2.21. The molecule has 0 aliphatic carbocycles. The number of nitrogens with zero attached hydrogens (tertiary/aromatic N) is 2. The molecule has 0 spiro atoms. The van der Waals surface area contributed by atoms with Crippen LogP contribution in [-0.2, 0) is 6.42 Å². The quantitative estimate of drug-likeness (QED) is 0.843. The summed E-state index contributed by atoms with van der Waals surface area (Å²) in [5.74, 6) is 0.925. The molecule has 1 aliphatic rings. The summed E-state index contributed by atoms with van der Waals surface area (Å²) in [6.07, 6.45) is 0.993. The predicted molar refractivity (Wildman–Crippen MR) is 109 cm³/mol. The third-order valence-electron chi connectivity index (χ3n) is 4.63. The van der Waals surface area contributed by atoms with Gasteiger partial charge in [0.25, 0.3) is 0 Å². The van der Waals surface area contributed by atoms with Crippen molar-refractivity contribution in [3.05, 3.63) is 54.1 Å². The van der Waals surface area contributed by atoms with Crippen molar-refractivity contribution >= 4 is 28.7 Å². The highest BCUT2D eigenvalue weighted by molar-refractivity contribution is 7.80. The van der Waals surface area contributed by atoms with Gasteiger partial charge < -0.3 is 19.9 Å². The molecule has 0 aromatic heterocycles. The van der Waals surface area contributed by atoms with E-state index in [0.29, 0.717) is 0 Å². The molecular weight excluding hydrogens is 330 g/mol. The number of benzene rings is 2. The second-order valence-corrected chi connectivity index (χ2v) is 6.47. The normalized spacial score (nSPS) is 14.3. The number of hydrogen-bond acceptors (Lipinski definition) is 3. The monoisotopic (exact) mass is 355 g/mol. The number of anilines is 2. The lowest BCUT2D eigenvalue weighted by Gasteiger charge is -2.38.